The molecule has 2 atom stereocenters. The summed E-state index contributed by atoms with van der Waals surface area (Å²) in [6, 6.07) is 5.57. The Labute approximate surface area is 136 Å². The van der Waals surface area contributed by atoms with Gasteiger partial charge in [0.05, 0.1) is 0 Å². The van der Waals surface area contributed by atoms with E-state index in [1.165, 1.54) is 24.3 Å². The van der Waals surface area contributed by atoms with Gasteiger partial charge >= 0.3 is 0 Å². The molecule has 1 heterocycles. The first-order chi connectivity index (χ1) is 11.1. The molecule has 6 heteroatoms. The number of carbonyl (C=O) groups is 2. The monoisotopic (exact) mass is 321 g/mol. The van der Waals surface area contributed by atoms with Crippen LogP contribution in [0.1, 0.15) is 36.5 Å². The van der Waals surface area contributed by atoms with Crippen molar-refractivity contribution in [2.24, 2.45) is 5.92 Å². The van der Waals surface area contributed by atoms with Crippen LogP contribution in [-0.2, 0) is 4.79 Å². The highest BCUT2D eigenvalue weighted by molar-refractivity contribution is 5.94. The SMILES string of the molecule is CC1CCNCC1NC(=O)CCCNC(=O)c1ccc(F)cc1. The van der Waals surface area contributed by atoms with Crippen LogP contribution in [0.2, 0.25) is 0 Å². The average Bonchev–Trinajstić information content (AvgIpc) is 2.54. The first-order valence-electron chi connectivity index (χ1n) is 8.10. The first kappa shape index (κ1) is 17.4. The molecule has 0 bridgehead atoms. The van der Waals surface area contributed by atoms with Gasteiger partial charge in [0, 0.05) is 31.1 Å². The fourth-order valence-corrected chi connectivity index (χ4v) is 2.62. The van der Waals surface area contributed by atoms with Crippen LogP contribution in [0.15, 0.2) is 24.3 Å². The molecule has 1 aromatic rings. The number of nitrogens with one attached hydrogen (secondary N) is 3. The van der Waals surface area contributed by atoms with Gasteiger partial charge in [0.25, 0.3) is 5.91 Å². The van der Waals surface area contributed by atoms with Gasteiger partial charge in [0.2, 0.25) is 5.91 Å². The van der Waals surface area contributed by atoms with E-state index in [2.05, 4.69) is 22.9 Å². The lowest BCUT2D eigenvalue weighted by molar-refractivity contribution is -0.122. The second-order valence-electron chi connectivity index (χ2n) is 6.01. The molecule has 1 aliphatic rings. The number of carbonyl (C=O) groups excluding carboxylic acids is 2. The Balaban J connectivity index is 1.63. The van der Waals surface area contributed by atoms with Crippen LogP contribution in [0.25, 0.3) is 0 Å². The molecule has 2 rings (SSSR count). The zero-order valence-electron chi connectivity index (χ0n) is 13.4. The highest BCUT2D eigenvalue weighted by Gasteiger charge is 2.22. The Bertz CT molecular complexity index is 533. The van der Waals surface area contributed by atoms with Crippen molar-refractivity contribution < 1.29 is 14.0 Å². The van der Waals surface area contributed by atoms with Crippen LogP contribution in [-0.4, -0.2) is 37.5 Å². The number of amides is 2. The van der Waals surface area contributed by atoms with E-state index >= 15 is 0 Å². The predicted molar refractivity (Wildman–Crippen MR) is 86.5 cm³/mol. The number of piperidine rings is 1. The van der Waals surface area contributed by atoms with E-state index in [4.69, 9.17) is 0 Å². The Hall–Kier alpha value is -1.95. The van der Waals surface area contributed by atoms with Crippen LogP contribution >= 0.6 is 0 Å². The van der Waals surface area contributed by atoms with Gasteiger partial charge in [0.1, 0.15) is 5.82 Å². The number of hydrogen-bond donors (Lipinski definition) is 3. The number of benzene rings is 1. The molecule has 1 fully saturated rings. The third-order valence-corrected chi connectivity index (χ3v) is 4.15. The fraction of sp³-hybridized carbons (Fsp3) is 0.529. The quantitative estimate of drug-likeness (QED) is 0.695. The summed E-state index contributed by atoms with van der Waals surface area (Å²) in [6.45, 7) is 4.38. The Kier molecular flexibility index (Phi) is 6.52. The highest BCUT2D eigenvalue weighted by atomic mass is 19.1. The van der Waals surface area contributed by atoms with Gasteiger partial charge in [-0.3, -0.25) is 9.59 Å². The fourth-order valence-electron chi connectivity index (χ4n) is 2.62. The van der Waals surface area contributed by atoms with Crippen molar-refractivity contribution >= 4 is 11.8 Å². The standard InChI is InChI=1S/C17H24FN3O2/c1-12-8-10-19-11-15(12)21-16(22)3-2-9-20-17(23)13-4-6-14(18)7-5-13/h4-7,12,15,19H,2-3,8-11H2,1H3,(H,20,23)(H,21,22). The van der Waals surface area contributed by atoms with E-state index in [1.807, 2.05) is 0 Å². The van der Waals surface area contributed by atoms with E-state index in [0.717, 1.165) is 19.5 Å². The number of halogens is 1. The van der Waals surface area contributed by atoms with Crippen molar-refractivity contribution in [1.29, 1.82) is 0 Å². The molecule has 5 nitrogen and oxygen atoms in total. The zero-order chi connectivity index (χ0) is 16.7. The zero-order valence-corrected chi connectivity index (χ0v) is 13.4. The summed E-state index contributed by atoms with van der Waals surface area (Å²) in [5.74, 6) is -0.125. The minimum absolute atomic E-state index is 0.0154. The van der Waals surface area contributed by atoms with E-state index in [9.17, 15) is 14.0 Å². The van der Waals surface area contributed by atoms with Crippen LogP contribution in [0, 0.1) is 11.7 Å². The molecule has 0 spiro atoms. The van der Waals surface area contributed by atoms with Gasteiger partial charge < -0.3 is 16.0 Å². The van der Waals surface area contributed by atoms with Gasteiger partial charge in [0.15, 0.2) is 0 Å². The van der Waals surface area contributed by atoms with Gasteiger partial charge in [-0.2, -0.15) is 0 Å². The molecule has 0 aromatic heterocycles. The van der Waals surface area contributed by atoms with E-state index in [-0.39, 0.29) is 23.7 Å². The van der Waals surface area contributed by atoms with E-state index in [0.29, 0.717) is 30.9 Å². The molecule has 23 heavy (non-hydrogen) atoms. The van der Waals surface area contributed by atoms with Crippen molar-refractivity contribution in [3.8, 4) is 0 Å². The minimum Gasteiger partial charge on any atom is -0.352 e. The molecule has 3 N–H and O–H groups in total. The summed E-state index contributed by atoms with van der Waals surface area (Å²) in [6.07, 6.45) is 2.03. The lowest BCUT2D eigenvalue weighted by Crippen LogP contribution is -2.50. The second-order valence-corrected chi connectivity index (χ2v) is 6.01. The molecule has 126 valence electrons. The molecule has 0 aliphatic carbocycles. The molecule has 0 saturated carbocycles. The molecular weight excluding hydrogens is 297 g/mol. The Morgan fingerprint density at radius 2 is 2.04 bits per heavy atom. The number of rotatable bonds is 6. The Morgan fingerprint density at radius 1 is 1.30 bits per heavy atom. The van der Waals surface area contributed by atoms with Crippen LogP contribution < -0.4 is 16.0 Å². The summed E-state index contributed by atoms with van der Waals surface area (Å²) in [7, 11) is 0. The van der Waals surface area contributed by atoms with Crippen LogP contribution in [0.5, 0.6) is 0 Å². The smallest absolute Gasteiger partial charge is 0.251 e. The van der Waals surface area contributed by atoms with E-state index in [1.54, 1.807) is 0 Å². The van der Waals surface area contributed by atoms with Gasteiger partial charge in [-0.15, -0.1) is 0 Å². The maximum Gasteiger partial charge on any atom is 0.251 e. The molecule has 2 unspecified atom stereocenters. The summed E-state index contributed by atoms with van der Waals surface area (Å²) in [4.78, 5) is 23.7. The summed E-state index contributed by atoms with van der Waals surface area (Å²) < 4.78 is 12.8. The lowest BCUT2D eigenvalue weighted by atomic mass is 9.95. The predicted octanol–water partition coefficient (Wildman–Crippen LogP) is 1.45. The van der Waals surface area contributed by atoms with Crippen molar-refractivity contribution in [2.45, 2.75) is 32.2 Å². The molecule has 1 aromatic carbocycles. The molecule has 1 saturated heterocycles. The number of hydrogen-bond acceptors (Lipinski definition) is 3. The highest BCUT2D eigenvalue weighted by Crippen LogP contribution is 2.11. The Morgan fingerprint density at radius 3 is 2.74 bits per heavy atom. The van der Waals surface area contributed by atoms with Crippen molar-refractivity contribution in [1.82, 2.24) is 16.0 Å². The van der Waals surface area contributed by atoms with Crippen molar-refractivity contribution in [2.75, 3.05) is 19.6 Å². The third-order valence-electron chi connectivity index (χ3n) is 4.15. The van der Waals surface area contributed by atoms with Crippen LogP contribution in [0.3, 0.4) is 0 Å². The molecular formula is C17H24FN3O2. The van der Waals surface area contributed by atoms with Gasteiger partial charge in [-0.05, 0) is 49.6 Å². The third kappa shape index (κ3) is 5.63. The van der Waals surface area contributed by atoms with Crippen LogP contribution in [0.4, 0.5) is 4.39 Å². The molecule has 1 aliphatic heterocycles. The van der Waals surface area contributed by atoms with Gasteiger partial charge in [-0.1, -0.05) is 6.92 Å². The lowest BCUT2D eigenvalue weighted by Gasteiger charge is -2.30. The summed E-state index contributed by atoms with van der Waals surface area (Å²) in [5.41, 5.74) is 0.415. The van der Waals surface area contributed by atoms with E-state index < -0.39 is 0 Å². The maximum absolute atomic E-state index is 12.8. The molecule has 0 radical (unpaired) electrons. The first-order valence-corrected chi connectivity index (χ1v) is 8.10. The van der Waals surface area contributed by atoms with Crippen molar-refractivity contribution in [3.05, 3.63) is 35.6 Å². The maximum atomic E-state index is 12.8. The average molecular weight is 321 g/mol. The summed E-state index contributed by atoms with van der Waals surface area (Å²) in [5, 5.41) is 9.05. The van der Waals surface area contributed by atoms with Gasteiger partial charge in [-0.25, -0.2) is 4.39 Å². The second kappa shape index (κ2) is 8.62. The largest absolute Gasteiger partial charge is 0.352 e. The normalized spacial score (nSPS) is 20.8. The van der Waals surface area contributed by atoms with Crippen molar-refractivity contribution in [3.63, 3.8) is 0 Å². The molecule has 2 amide bonds. The summed E-state index contributed by atoms with van der Waals surface area (Å²) >= 11 is 0. The minimum atomic E-state index is -0.371. The topological polar surface area (TPSA) is 70.2 Å².